The summed E-state index contributed by atoms with van der Waals surface area (Å²) in [6.07, 6.45) is 1.08. The zero-order chi connectivity index (χ0) is 4.12. The highest BCUT2D eigenvalue weighted by molar-refractivity contribution is 5.30. The van der Waals surface area contributed by atoms with Gasteiger partial charge in [0.2, 0.25) is 0 Å². The fourth-order valence-corrected chi connectivity index (χ4v) is 0.0264. The highest BCUT2D eigenvalue weighted by Gasteiger charge is 1.77. The summed E-state index contributed by atoms with van der Waals surface area (Å²) in [5.41, 5.74) is 0. The zero-order valence-corrected chi connectivity index (χ0v) is 2.47. The van der Waals surface area contributed by atoms with Gasteiger partial charge in [-0.1, -0.05) is 0 Å². The molecule has 2 radical (unpaired) electrons. The summed E-state index contributed by atoms with van der Waals surface area (Å²) in [4.78, 5) is 11.5. The average Bonchev–Trinajstić information content (AvgIpc) is 1.41. The van der Waals surface area contributed by atoms with Gasteiger partial charge in [-0.15, -0.1) is 0 Å². The lowest BCUT2D eigenvalue weighted by Crippen LogP contribution is -1.83. The fraction of sp³-hybridized carbons (Fsp3) is 0.500. The van der Waals surface area contributed by atoms with Gasteiger partial charge in [-0.25, -0.2) is 0 Å². The zero-order valence-electron chi connectivity index (χ0n) is 2.47. The van der Waals surface area contributed by atoms with Crippen LogP contribution in [0.5, 0.6) is 0 Å². The summed E-state index contributed by atoms with van der Waals surface area (Å²) in [7, 11) is 0. The predicted molar refractivity (Wildman–Crippen MR) is 13.4 cm³/mol. The van der Waals surface area contributed by atoms with E-state index < -0.39 is 6.73 Å². The predicted octanol–water partition coefficient (Wildman–Crippen LogP) is -0.954. The lowest BCUT2D eigenvalue weighted by Gasteiger charge is -1.35. The molecule has 0 bridgehead atoms. The molecule has 0 amide bonds. The molecule has 0 aliphatic heterocycles. The summed E-state index contributed by atoms with van der Waals surface area (Å²) in [6.45, 7) is -0.705. The van der Waals surface area contributed by atoms with E-state index in [0.29, 0.717) is 0 Å². The van der Waals surface area contributed by atoms with Crippen molar-refractivity contribution in [2.45, 2.75) is 0 Å². The van der Waals surface area contributed by atoms with Crippen molar-refractivity contribution in [3.05, 3.63) is 0 Å². The van der Waals surface area contributed by atoms with Crippen LogP contribution in [0.1, 0.15) is 0 Å². The Morgan fingerprint density at radius 2 is 2.40 bits per heavy atom. The Labute approximate surface area is 29.0 Å². The van der Waals surface area contributed by atoms with Crippen LogP contribution in [0.2, 0.25) is 0 Å². The molecule has 0 rings (SSSR count). The van der Waals surface area contributed by atoms with Gasteiger partial charge in [0, 0.05) is 0 Å². The van der Waals surface area contributed by atoms with Gasteiger partial charge in [-0.3, -0.25) is 0 Å². The van der Waals surface area contributed by atoms with E-state index in [9.17, 15) is 0 Å². The second kappa shape index (κ2) is 3.34. The molecular weight excluding hydrogens is 70.0 g/mol. The third kappa shape index (κ3) is 3.34. The number of rotatable bonds is 1. The van der Waals surface area contributed by atoms with E-state index in [1.165, 1.54) is 0 Å². The minimum absolute atomic E-state index is 0.705. The van der Waals surface area contributed by atoms with Crippen LogP contribution in [0.4, 0.5) is 0 Å². The normalized spacial score (nSPS) is 5.80. The standard InChI is InChI=1S/C2H2NO2/c4-1-3-2-5/h1H2/q+1. The van der Waals surface area contributed by atoms with E-state index in [2.05, 4.69) is 4.99 Å². The minimum atomic E-state index is -0.705. The molecule has 0 aromatic heterocycles. The van der Waals surface area contributed by atoms with E-state index in [1.807, 2.05) is 0 Å². The topological polar surface area (TPSA) is 51.1 Å². The molecule has 0 aromatic rings. The van der Waals surface area contributed by atoms with E-state index in [-0.39, 0.29) is 0 Å². The molecule has 0 fully saturated rings. The summed E-state index contributed by atoms with van der Waals surface area (Å²) in [5, 5.41) is 9.10. The van der Waals surface area contributed by atoms with E-state index >= 15 is 0 Å². The van der Waals surface area contributed by atoms with Crippen molar-refractivity contribution in [3.63, 3.8) is 0 Å². The first-order chi connectivity index (χ1) is 2.41. The Morgan fingerprint density at radius 1 is 1.80 bits per heavy atom. The number of carbonyl (C=O) groups excluding carboxylic acids is 1. The van der Waals surface area contributed by atoms with Gasteiger partial charge in [0.15, 0.2) is 4.99 Å². The molecule has 0 heterocycles. The number of hydrogen-bond donors (Lipinski definition) is 0. The molecule has 3 heteroatoms. The molecule has 26 valence electrons. The van der Waals surface area contributed by atoms with Crippen molar-refractivity contribution in [1.82, 2.24) is 4.99 Å². The first-order valence-corrected chi connectivity index (χ1v) is 1.03. The third-order valence-electron chi connectivity index (χ3n) is 0.129. The summed E-state index contributed by atoms with van der Waals surface area (Å²) >= 11 is 0. The van der Waals surface area contributed by atoms with Crippen LogP contribution < -0.4 is 4.99 Å². The third-order valence-corrected chi connectivity index (χ3v) is 0.129. The van der Waals surface area contributed by atoms with Crippen LogP contribution in [-0.4, -0.2) is 12.8 Å². The van der Waals surface area contributed by atoms with Crippen molar-refractivity contribution in [2.24, 2.45) is 0 Å². The average molecular weight is 72.0 g/mol. The van der Waals surface area contributed by atoms with Crippen molar-refractivity contribution in [1.29, 1.82) is 0 Å². The highest BCUT2D eigenvalue weighted by atomic mass is 16.3. The van der Waals surface area contributed by atoms with Gasteiger partial charge in [-0.2, -0.15) is 9.90 Å². The minimum Gasteiger partial charge on any atom is -0.154 e. The quantitative estimate of drug-likeness (QED) is 0.291. The molecular formula is C2H2NO2+. The van der Waals surface area contributed by atoms with Crippen LogP contribution in [0.25, 0.3) is 0 Å². The first kappa shape index (κ1) is 4.34. The fourth-order valence-electron chi connectivity index (χ4n) is 0.0264. The summed E-state index contributed by atoms with van der Waals surface area (Å²) in [5.74, 6) is 0. The Bertz CT molecular complexity index is 54.7. The monoisotopic (exact) mass is 72.0 g/mol. The van der Waals surface area contributed by atoms with E-state index in [0.717, 1.165) is 6.08 Å². The maximum atomic E-state index is 9.10. The number of aliphatic imine (C=N–C) groups is 1. The summed E-state index contributed by atoms with van der Waals surface area (Å²) < 4.78 is 0. The highest BCUT2D eigenvalue weighted by Crippen LogP contribution is 1.27. The smallest absolute Gasteiger partial charge is 0.154 e. The van der Waals surface area contributed by atoms with Crippen LogP contribution in [0, 0.1) is 0 Å². The van der Waals surface area contributed by atoms with E-state index in [1.54, 1.807) is 0 Å². The van der Waals surface area contributed by atoms with Gasteiger partial charge in [-0.05, 0) is 0 Å². The van der Waals surface area contributed by atoms with Crippen molar-refractivity contribution in [2.75, 3.05) is 6.73 Å². The van der Waals surface area contributed by atoms with Gasteiger partial charge in [0.05, 0.1) is 0 Å². The SMILES string of the molecule is [O]C[N+]=C=O. The Hall–Kier alpha value is -0.660. The molecule has 0 aromatic carbocycles. The molecule has 0 saturated heterocycles. The molecule has 0 aliphatic carbocycles. The van der Waals surface area contributed by atoms with E-state index in [4.69, 9.17) is 9.90 Å². The molecule has 5 heavy (non-hydrogen) atoms. The van der Waals surface area contributed by atoms with Crippen LogP contribution in [-0.2, 0) is 9.90 Å². The Balaban J connectivity index is 2.93. The van der Waals surface area contributed by atoms with Gasteiger partial charge in [0.1, 0.15) is 0 Å². The van der Waals surface area contributed by atoms with Crippen molar-refractivity contribution >= 4 is 6.08 Å². The van der Waals surface area contributed by atoms with Crippen molar-refractivity contribution < 1.29 is 9.90 Å². The van der Waals surface area contributed by atoms with Crippen LogP contribution in [0.3, 0.4) is 0 Å². The largest absolute Gasteiger partial charge is 0.499 e. The maximum Gasteiger partial charge on any atom is 0.499 e. The lowest BCUT2D eigenvalue weighted by molar-refractivity contribution is 0.190. The van der Waals surface area contributed by atoms with Crippen LogP contribution >= 0.6 is 0 Å². The molecule has 0 atom stereocenters. The molecule has 0 aliphatic rings. The number of isocyanates is 1. The molecule has 0 spiro atoms. The Kier molecular flexibility index (Phi) is 2.90. The van der Waals surface area contributed by atoms with Crippen LogP contribution in [0.15, 0.2) is 0 Å². The molecule has 0 N–H and O–H groups in total. The molecule has 0 unspecified atom stereocenters. The number of hydrogen-bond acceptors (Lipinski definition) is 2. The maximum absolute atomic E-state index is 9.10. The second-order valence-electron chi connectivity index (χ2n) is 0.379. The van der Waals surface area contributed by atoms with Crippen molar-refractivity contribution in [3.8, 4) is 0 Å². The van der Waals surface area contributed by atoms with Gasteiger partial charge >= 0.3 is 12.8 Å². The summed E-state index contributed by atoms with van der Waals surface area (Å²) in [6, 6.07) is 0. The molecule has 3 nitrogen and oxygen atoms in total. The lowest BCUT2D eigenvalue weighted by atomic mass is 11.3. The first-order valence-electron chi connectivity index (χ1n) is 1.03. The number of nitrogens with zero attached hydrogens (tertiary/aromatic N) is 1. The second-order valence-corrected chi connectivity index (χ2v) is 0.379. The van der Waals surface area contributed by atoms with Gasteiger partial charge < -0.3 is 0 Å². The molecule has 0 saturated carbocycles. The van der Waals surface area contributed by atoms with Gasteiger partial charge in [0.25, 0.3) is 0 Å². The Morgan fingerprint density at radius 3 is 2.40 bits per heavy atom.